The third kappa shape index (κ3) is 17.1. The van der Waals surface area contributed by atoms with Gasteiger partial charge in [0.05, 0.1) is 5.50 Å². The summed E-state index contributed by atoms with van der Waals surface area (Å²) in [6.45, 7) is 0. The summed E-state index contributed by atoms with van der Waals surface area (Å²) in [7, 11) is 0. The van der Waals surface area contributed by atoms with Crippen LogP contribution in [-0.4, -0.2) is 9.29 Å². The Bertz CT molecular complexity index is 168. The van der Waals surface area contributed by atoms with Crippen LogP contribution < -0.4 is 5.73 Å². The van der Waals surface area contributed by atoms with Crippen molar-refractivity contribution in [2.75, 3.05) is 0 Å². The fourth-order valence-corrected chi connectivity index (χ4v) is 2.28. The Kier molecular flexibility index (Phi) is 11.7. The van der Waals surface area contributed by atoms with E-state index in [0.717, 1.165) is 25.7 Å². The zero-order chi connectivity index (χ0) is 13.1. The first kappa shape index (κ1) is 18.1. The summed E-state index contributed by atoms with van der Waals surface area (Å²) in [6.07, 6.45) is 11.2. The molecule has 0 aliphatic rings. The molecule has 0 amide bonds. The van der Waals surface area contributed by atoms with Crippen molar-refractivity contribution in [1.29, 1.82) is 0 Å². The Balaban J connectivity index is 3.04. The predicted molar refractivity (Wildman–Crippen MR) is 80.3 cm³/mol. The van der Waals surface area contributed by atoms with Crippen molar-refractivity contribution >= 4 is 46.4 Å². The van der Waals surface area contributed by atoms with Crippen LogP contribution >= 0.6 is 46.4 Å². The third-order valence-electron chi connectivity index (χ3n) is 2.69. The average Bonchev–Trinajstić information content (AvgIpc) is 2.18. The second-order valence-corrected chi connectivity index (χ2v) is 7.57. The van der Waals surface area contributed by atoms with Gasteiger partial charge < -0.3 is 5.73 Å². The molecule has 0 aromatic heterocycles. The van der Waals surface area contributed by atoms with Gasteiger partial charge in [-0.3, -0.25) is 0 Å². The maximum Gasteiger partial charge on any atom is 0.190 e. The Morgan fingerprint density at radius 1 is 0.765 bits per heavy atom. The Morgan fingerprint density at radius 3 is 1.59 bits per heavy atom. The van der Waals surface area contributed by atoms with Crippen LogP contribution in [0.2, 0.25) is 0 Å². The molecule has 2 N–H and O–H groups in total. The van der Waals surface area contributed by atoms with Gasteiger partial charge in [-0.2, -0.15) is 0 Å². The second kappa shape index (κ2) is 11.0. The summed E-state index contributed by atoms with van der Waals surface area (Å²) in [5.41, 5.74) is 5.29. The monoisotopic (exact) mass is 321 g/mol. The minimum Gasteiger partial charge on any atom is -0.315 e. The highest BCUT2D eigenvalue weighted by atomic mass is 35.6. The van der Waals surface area contributed by atoms with Crippen LogP contribution in [0.15, 0.2) is 0 Å². The summed E-state index contributed by atoms with van der Waals surface area (Å²) >= 11 is 22.7. The van der Waals surface area contributed by atoms with E-state index in [1.165, 1.54) is 32.1 Å². The van der Waals surface area contributed by atoms with Crippen LogP contribution in [-0.2, 0) is 0 Å². The van der Waals surface area contributed by atoms with Crippen molar-refractivity contribution in [2.45, 2.75) is 73.5 Å². The van der Waals surface area contributed by atoms with Gasteiger partial charge in [0, 0.05) is 0 Å². The number of rotatable bonds is 10. The predicted octanol–water partition coefficient (Wildman–Crippen LogP) is 5.78. The summed E-state index contributed by atoms with van der Waals surface area (Å²) in [6, 6.07) is 0. The maximum absolute atomic E-state index is 5.67. The van der Waals surface area contributed by atoms with E-state index < -0.39 is 3.79 Å². The van der Waals surface area contributed by atoms with Crippen molar-refractivity contribution in [3.8, 4) is 0 Å². The van der Waals surface area contributed by atoms with E-state index in [1.807, 2.05) is 0 Å². The number of halogens is 4. The Hall–Kier alpha value is 1.12. The molecule has 17 heavy (non-hydrogen) atoms. The van der Waals surface area contributed by atoms with Crippen molar-refractivity contribution in [2.24, 2.45) is 5.73 Å². The molecule has 0 saturated carbocycles. The van der Waals surface area contributed by atoms with Gasteiger partial charge in [-0.05, 0) is 19.3 Å². The van der Waals surface area contributed by atoms with Crippen LogP contribution in [0.25, 0.3) is 0 Å². The number of hydrogen-bond acceptors (Lipinski definition) is 1. The van der Waals surface area contributed by atoms with Crippen LogP contribution in [0.1, 0.15) is 64.2 Å². The summed E-state index contributed by atoms with van der Waals surface area (Å²) < 4.78 is -1.07. The van der Waals surface area contributed by atoms with Gasteiger partial charge in [0.25, 0.3) is 0 Å². The molecule has 0 rings (SSSR count). The second-order valence-electron chi connectivity index (χ2n) is 4.50. The summed E-state index contributed by atoms with van der Waals surface area (Å²) in [5, 5.41) is 0. The molecule has 1 nitrogen and oxygen atoms in total. The molecule has 0 heterocycles. The number of alkyl halides is 4. The molecule has 104 valence electrons. The topological polar surface area (TPSA) is 26.0 Å². The lowest BCUT2D eigenvalue weighted by Gasteiger charge is -2.09. The molecule has 5 heteroatoms. The lowest BCUT2D eigenvalue weighted by Crippen LogP contribution is -2.10. The van der Waals surface area contributed by atoms with Gasteiger partial charge in [0.2, 0.25) is 0 Å². The summed E-state index contributed by atoms with van der Waals surface area (Å²) in [5.74, 6) is 0. The number of nitrogens with two attached hydrogens (primary N) is 1. The quantitative estimate of drug-likeness (QED) is 0.308. The normalized spacial score (nSPS) is 13.9. The lowest BCUT2D eigenvalue weighted by atomic mass is 10.1. The van der Waals surface area contributed by atoms with Gasteiger partial charge in [-0.15, -0.1) is 11.6 Å². The molecule has 0 aromatic rings. The molecule has 0 spiro atoms. The van der Waals surface area contributed by atoms with Crippen LogP contribution in [0.5, 0.6) is 0 Å². The number of unbranched alkanes of at least 4 members (excludes halogenated alkanes) is 7. The zero-order valence-electron chi connectivity index (χ0n) is 10.2. The minimum atomic E-state index is -1.07. The Morgan fingerprint density at radius 2 is 1.18 bits per heavy atom. The van der Waals surface area contributed by atoms with Gasteiger partial charge >= 0.3 is 0 Å². The first-order valence-electron chi connectivity index (χ1n) is 6.38. The summed E-state index contributed by atoms with van der Waals surface area (Å²) in [4.78, 5) is 0. The molecular formula is C12H23Cl4N. The van der Waals surface area contributed by atoms with Crippen LogP contribution in [0, 0.1) is 0 Å². The van der Waals surface area contributed by atoms with E-state index in [9.17, 15) is 0 Å². The molecule has 0 aliphatic carbocycles. The molecule has 0 saturated heterocycles. The molecule has 0 radical (unpaired) electrons. The largest absolute Gasteiger partial charge is 0.315 e. The first-order valence-corrected chi connectivity index (χ1v) is 7.95. The van der Waals surface area contributed by atoms with Gasteiger partial charge in [-0.1, -0.05) is 79.7 Å². The zero-order valence-corrected chi connectivity index (χ0v) is 13.3. The fourth-order valence-electron chi connectivity index (χ4n) is 1.73. The molecule has 0 aromatic carbocycles. The standard InChI is InChI=1S/C12H23Cl4N/c13-11(17)9-7-5-3-1-2-4-6-8-10-12(14,15)16/h11H,1-10,17H2. The smallest absolute Gasteiger partial charge is 0.190 e. The lowest BCUT2D eigenvalue weighted by molar-refractivity contribution is 0.550. The van der Waals surface area contributed by atoms with Crippen molar-refractivity contribution < 1.29 is 0 Å². The van der Waals surface area contributed by atoms with E-state index in [4.69, 9.17) is 52.1 Å². The van der Waals surface area contributed by atoms with E-state index in [-0.39, 0.29) is 5.50 Å². The average molecular weight is 323 g/mol. The van der Waals surface area contributed by atoms with Crippen LogP contribution in [0.4, 0.5) is 0 Å². The highest BCUT2D eigenvalue weighted by molar-refractivity contribution is 6.67. The SMILES string of the molecule is NC(Cl)CCCCCCCCCCC(Cl)(Cl)Cl. The molecular weight excluding hydrogens is 300 g/mol. The van der Waals surface area contributed by atoms with E-state index in [2.05, 4.69) is 0 Å². The first-order chi connectivity index (χ1) is 7.92. The van der Waals surface area contributed by atoms with Crippen molar-refractivity contribution in [3.63, 3.8) is 0 Å². The molecule has 1 atom stereocenters. The molecule has 0 fully saturated rings. The highest BCUT2D eigenvalue weighted by Gasteiger charge is 2.17. The van der Waals surface area contributed by atoms with E-state index in [1.54, 1.807) is 0 Å². The molecule has 0 bridgehead atoms. The van der Waals surface area contributed by atoms with Gasteiger partial charge in [0.15, 0.2) is 3.79 Å². The highest BCUT2D eigenvalue weighted by Crippen LogP contribution is 2.32. The number of hydrogen-bond donors (Lipinski definition) is 1. The van der Waals surface area contributed by atoms with E-state index in [0.29, 0.717) is 6.42 Å². The minimum absolute atomic E-state index is 0.170. The third-order valence-corrected chi connectivity index (χ3v) is 3.48. The fraction of sp³-hybridized carbons (Fsp3) is 1.00. The molecule has 1 unspecified atom stereocenters. The van der Waals surface area contributed by atoms with Gasteiger partial charge in [0.1, 0.15) is 0 Å². The van der Waals surface area contributed by atoms with Crippen molar-refractivity contribution in [3.05, 3.63) is 0 Å². The van der Waals surface area contributed by atoms with Gasteiger partial charge in [-0.25, -0.2) is 0 Å². The molecule has 0 aliphatic heterocycles. The van der Waals surface area contributed by atoms with Crippen molar-refractivity contribution in [1.82, 2.24) is 0 Å². The van der Waals surface area contributed by atoms with Crippen LogP contribution in [0.3, 0.4) is 0 Å². The maximum atomic E-state index is 5.67. The Labute approximate surface area is 125 Å². The van der Waals surface area contributed by atoms with E-state index >= 15 is 0 Å².